The third-order valence-corrected chi connectivity index (χ3v) is 2.68. The predicted molar refractivity (Wildman–Crippen MR) is 76.4 cm³/mol. The molecule has 0 saturated heterocycles. The number of aromatic nitrogens is 3. The van der Waals surface area contributed by atoms with Crippen molar-refractivity contribution in [1.29, 1.82) is 0 Å². The molecular weight excluding hydrogens is 260 g/mol. The van der Waals surface area contributed by atoms with Gasteiger partial charge in [0.05, 0.1) is 5.69 Å². The largest absolute Gasteiger partial charge is 0.504 e. The van der Waals surface area contributed by atoms with Crippen LogP contribution in [0.25, 0.3) is 0 Å². The number of nitrogens with zero attached hydrogens (tertiary/aromatic N) is 5. The van der Waals surface area contributed by atoms with Gasteiger partial charge >= 0.3 is 0 Å². The van der Waals surface area contributed by atoms with Gasteiger partial charge in [0.25, 0.3) is 0 Å². The standard InChI is InChI=1S/C12H16N6O2/c1-17(2)11-14-10(13)15-12(16-11)18(3)7-5-4-6-8(19)9(7)20/h4-6,19-20H,1-3H3,(H2,13,14,15,16). The molecule has 0 radical (unpaired) electrons. The number of para-hydroxylation sites is 1. The SMILES string of the molecule is CN(C)c1nc(N)nc(N(C)c2cccc(O)c2O)n1. The molecule has 2 aromatic rings. The maximum atomic E-state index is 9.87. The van der Waals surface area contributed by atoms with E-state index in [4.69, 9.17) is 5.73 Å². The molecule has 8 heteroatoms. The first kappa shape index (κ1) is 13.7. The van der Waals surface area contributed by atoms with Gasteiger partial charge in [0, 0.05) is 21.1 Å². The van der Waals surface area contributed by atoms with Crippen LogP contribution in [0.1, 0.15) is 0 Å². The smallest absolute Gasteiger partial charge is 0.236 e. The van der Waals surface area contributed by atoms with Crippen molar-refractivity contribution < 1.29 is 10.2 Å². The minimum absolute atomic E-state index is 0.0743. The number of phenols is 2. The van der Waals surface area contributed by atoms with Crippen molar-refractivity contribution in [3.05, 3.63) is 18.2 Å². The molecule has 1 aromatic carbocycles. The lowest BCUT2D eigenvalue weighted by atomic mass is 10.2. The number of rotatable bonds is 3. The van der Waals surface area contributed by atoms with Crippen molar-refractivity contribution in [1.82, 2.24) is 15.0 Å². The molecule has 4 N–H and O–H groups in total. The Hall–Kier alpha value is -2.77. The molecule has 0 unspecified atom stereocenters. The lowest BCUT2D eigenvalue weighted by molar-refractivity contribution is 0.404. The Morgan fingerprint density at radius 1 is 1.00 bits per heavy atom. The molecule has 0 aliphatic rings. The van der Waals surface area contributed by atoms with E-state index in [0.29, 0.717) is 11.6 Å². The number of hydrogen-bond donors (Lipinski definition) is 3. The highest BCUT2D eigenvalue weighted by atomic mass is 16.3. The summed E-state index contributed by atoms with van der Waals surface area (Å²) in [6, 6.07) is 4.63. The number of aromatic hydroxyl groups is 2. The number of nitrogen functional groups attached to an aromatic ring is 1. The fourth-order valence-electron chi connectivity index (χ4n) is 1.62. The van der Waals surface area contributed by atoms with Crippen LogP contribution in [0, 0.1) is 0 Å². The summed E-state index contributed by atoms with van der Waals surface area (Å²) >= 11 is 0. The molecule has 2 rings (SSSR count). The number of hydrogen-bond acceptors (Lipinski definition) is 8. The summed E-state index contributed by atoms with van der Waals surface area (Å²) in [6.07, 6.45) is 0. The van der Waals surface area contributed by atoms with Crippen LogP contribution in [0.5, 0.6) is 11.5 Å². The molecule has 0 atom stereocenters. The van der Waals surface area contributed by atoms with E-state index in [1.165, 1.54) is 11.0 Å². The fraction of sp³-hybridized carbons (Fsp3) is 0.250. The average Bonchev–Trinajstić information content (AvgIpc) is 2.40. The number of nitrogens with two attached hydrogens (primary N) is 1. The first-order valence-electron chi connectivity index (χ1n) is 5.83. The Morgan fingerprint density at radius 3 is 2.30 bits per heavy atom. The zero-order valence-corrected chi connectivity index (χ0v) is 11.4. The topological polar surface area (TPSA) is 112 Å². The molecule has 8 nitrogen and oxygen atoms in total. The van der Waals surface area contributed by atoms with E-state index in [2.05, 4.69) is 15.0 Å². The molecule has 0 saturated carbocycles. The van der Waals surface area contributed by atoms with Crippen molar-refractivity contribution in [3.8, 4) is 11.5 Å². The summed E-state index contributed by atoms with van der Waals surface area (Å²) < 4.78 is 0. The highest BCUT2D eigenvalue weighted by Gasteiger charge is 2.16. The summed E-state index contributed by atoms with van der Waals surface area (Å²) in [4.78, 5) is 15.5. The average molecular weight is 276 g/mol. The zero-order chi connectivity index (χ0) is 14.9. The molecule has 0 fully saturated rings. The van der Waals surface area contributed by atoms with Crippen molar-refractivity contribution in [2.45, 2.75) is 0 Å². The third kappa shape index (κ3) is 2.48. The van der Waals surface area contributed by atoms with Gasteiger partial charge in [-0.25, -0.2) is 0 Å². The first-order valence-corrected chi connectivity index (χ1v) is 5.83. The van der Waals surface area contributed by atoms with E-state index in [0.717, 1.165) is 0 Å². The van der Waals surface area contributed by atoms with E-state index in [9.17, 15) is 10.2 Å². The zero-order valence-electron chi connectivity index (χ0n) is 11.4. The quantitative estimate of drug-likeness (QED) is 0.702. The van der Waals surface area contributed by atoms with E-state index in [1.54, 1.807) is 38.2 Å². The Balaban J connectivity index is 2.48. The molecule has 106 valence electrons. The second kappa shape index (κ2) is 5.08. The molecule has 0 bridgehead atoms. The monoisotopic (exact) mass is 276 g/mol. The second-order valence-corrected chi connectivity index (χ2v) is 4.39. The molecule has 0 spiro atoms. The van der Waals surface area contributed by atoms with Gasteiger partial charge in [-0.15, -0.1) is 0 Å². The van der Waals surface area contributed by atoms with Gasteiger partial charge < -0.3 is 25.7 Å². The maximum absolute atomic E-state index is 9.87. The second-order valence-electron chi connectivity index (χ2n) is 4.39. The number of benzene rings is 1. The molecular formula is C12H16N6O2. The van der Waals surface area contributed by atoms with Gasteiger partial charge in [-0.1, -0.05) is 6.07 Å². The molecule has 0 amide bonds. The van der Waals surface area contributed by atoms with Crippen molar-refractivity contribution >= 4 is 23.5 Å². The van der Waals surface area contributed by atoms with Gasteiger partial charge in [0.2, 0.25) is 17.8 Å². The first-order chi connectivity index (χ1) is 9.40. The van der Waals surface area contributed by atoms with Crippen LogP contribution in [0.3, 0.4) is 0 Å². The van der Waals surface area contributed by atoms with Crippen molar-refractivity contribution in [3.63, 3.8) is 0 Å². The van der Waals surface area contributed by atoms with E-state index in [1.807, 2.05) is 0 Å². The Kier molecular flexibility index (Phi) is 3.47. The summed E-state index contributed by atoms with van der Waals surface area (Å²) in [5.74, 6) is 0.274. The highest BCUT2D eigenvalue weighted by molar-refractivity contribution is 5.68. The minimum atomic E-state index is -0.250. The lowest BCUT2D eigenvalue weighted by Gasteiger charge is -2.20. The van der Waals surface area contributed by atoms with Gasteiger partial charge in [0.15, 0.2) is 11.5 Å². The van der Waals surface area contributed by atoms with Crippen LogP contribution in [-0.4, -0.2) is 46.3 Å². The maximum Gasteiger partial charge on any atom is 0.236 e. The van der Waals surface area contributed by atoms with Crippen LogP contribution < -0.4 is 15.5 Å². The Labute approximate surface area is 116 Å². The number of anilines is 4. The lowest BCUT2D eigenvalue weighted by Crippen LogP contribution is -2.19. The van der Waals surface area contributed by atoms with Gasteiger partial charge in [-0.3, -0.25) is 0 Å². The summed E-state index contributed by atoms with van der Waals surface area (Å²) in [6.45, 7) is 0. The Morgan fingerprint density at radius 2 is 1.65 bits per heavy atom. The minimum Gasteiger partial charge on any atom is -0.504 e. The van der Waals surface area contributed by atoms with Crippen LogP contribution in [0.2, 0.25) is 0 Å². The van der Waals surface area contributed by atoms with E-state index in [-0.39, 0.29) is 23.4 Å². The van der Waals surface area contributed by atoms with Gasteiger partial charge in [-0.2, -0.15) is 15.0 Å². The molecule has 1 aromatic heterocycles. The van der Waals surface area contributed by atoms with E-state index >= 15 is 0 Å². The van der Waals surface area contributed by atoms with Crippen molar-refractivity contribution in [2.75, 3.05) is 36.7 Å². The molecule has 1 heterocycles. The summed E-state index contributed by atoms with van der Waals surface area (Å²) in [7, 11) is 5.22. The van der Waals surface area contributed by atoms with Gasteiger partial charge in [0.1, 0.15) is 0 Å². The summed E-state index contributed by atoms with van der Waals surface area (Å²) in [5, 5.41) is 19.4. The number of phenolic OH excluding ortho intramolecular Hbond substituents is 2. The van der Waals surface area contributed by atoms with Crippen LogP contribution in [0.15, 0.2) is 18.2 Å². The predicted octanol–water partition coefficient (Wildman–Crippen LogP) is 0.699. The van der Waals surface area contributed by atoms with E-state index < -0.39 is 0 Å². The van der Waals surface area contributed by atoms with Gasteiger partial charge in [-0.05, 0) is 12.1 Å². The Bertz CT molecular complexity index is 631. The third-order valence-electron chi connectivity index (χ3n) is 2.68. The van der Waals surface area contributed by atoms with Crippen molar-refractivity contribution in [2.24, 2.45) is 0 Å². The molecule has 0 aliphatic carbocycles. The van der Waals surface area contributed by atoms with Crippen LogP contribution in [0.4, 0.5) is 23.5 Å². The summed E-state index contributed by atoms with van der Waals surface area (Å²) in [5.41, 5.74) is 6.01. The molecule has 0 aliphatic heterocycles. The highest BCUT2D eigenvalue weighted by Crippen LogP contribution is 2.37. The van der Waals surface area contributed by atoms with Crippen LogP contribution >= 0.6 is 0 Å². The molecule has 20 heavy (non-hydrogen) atoms. The fourth-order valence-corrected chi connectivity index (χ4v) is 1.62. The normalized spacial score (nSPS) is 10.3. The van der Waals surface area contributed by atoms with Crippen LogP contribution in [-0.2, 0) is 0 Å².